The van der Waals surface area contributed by atoms with Gasteiger partial charge in [0, 0.05) is 12.2 Å². The topological polar surface area (TPSA) is 284 Å². The Morgan fingerprint density at radius 3 is 1.77 bits per heavy atom. The molecule has 3 saturated heterocycles. The molecule has 10 N–H and O–H groups in total. The molecule has 3 fully saturated rings. The third-order valence-corrected chi connectivity index (χ3v) is 10.0. The molecule has 5 rings (SSSR count). The van der Waals surface area contributed by atoms with Gasteiger partial charge >= 0.3 is 0 Å². The zero-order chi connectivity index (χ0) is 41.1. The van der Waals surface area contributed by atoms with Gasteiger partial charge in [-0.25, -0.2) is 0 Å². The Hall–Kier alpha value is -2.99. The molecule has 2 aromatic carbocycles. The lowest BCUT2D eigenvalue weighted by molar-refractivity contribution is -0.380. The van der Waals surface area contributed by atoms with Gasteiger partial charge in [-0.3, -0.25) is 4.79 Å². The highest BCUT2D eigenvalue weighted by Gasteiger charge is 2.53. The minimum atomic E-state index is -1.91. The highest BCUT2D eigenvalue weighted by molar-refractivity contribution is 6.06. The number of carbonyl (C=O) groups excluding carboxylic acids is 1. The Balaban J connectivity index is 1.03. The van der Waals surface area contributed by atoms with Crippen molar-refractivity contribution in [1.82, 2.24) is 0 Å². The van der Waals surface area contributed by atoms with Crippen molar-refractivity contribution in [1.29, 1.82) is 0 Å². The monoisotopic (exact) mass is 810 g/mol. The molecule has 0 aromatic heterocycles. The number of aliphatic hydroxyl groups is 10. The van der Waals surface area contributed by atoms with Gasteiger partial charge in [0.2, 0.25) is 0 Å². The average Bonchev–Trinajstić information content (AvgIpc) is 3.23. The first kappa shape index (κ1) is 45.1. The summed E-state index contributed by atoms with van der Waals surface area (Å²) in [7, 11) is 0. The molecule has 318 valence electrons. The van der Waals surface area contributed by atoms with Gasteiger partial charge < -0.3 is 84.2 Å². The van der Waals surface area contributed by atoms with Crippen LogP contribution in [0.3, 0.4) is 0 Å². The quantitative estimate of drug-likeness (QED) is 0.0417. The van der Waals surface area contributed by atoms with Crippen molar-refractivity contribution in [3.63, 3.8) is 0 Å². The van der Waals surface area contributed by atoms with E-state index in [2.05, 4.69) is 0 Å². The van der Waals surface area contributed by atoms with E-state index in [1.807, 2.05) is 30.3 Å². The molecule has 2 aromatic rings. The maximum atomic E-state index is 12.5. The number of hydrogen-bond acceptors (Lipinski definition) is 18. The van der Waals surface area contributed by atoms with Crippen LogP contribution in [0.4, 0.5) is 0 Å². The molecular weight excluding hydrogens is 756 g/mol. The molecule has 18 nitrogen and oxygen atoms in total. The zero-order valence-electron chi connectivity index (χ0n) is 31.1. The maximum absolute atomic E-state index is 12.5. The summed E-state index contributed by atoms with van der Waals surface area (Å²) in [5, 5.41) is 104. The van der Waals surface area contributed by atoms with Crippen molar-refractivity contribution in [2.45, 2.75) is 118 Å². The molecule has 3 heterocycles. The Morgan fingerprint density at radius 1 is 0.561 bits per heavy atom. The van der Waals surface area contributed by atoms with Gasteiger partial charge in [0.05, 0.1) is 26.4 Å². The first-order chi connectivity index (χ1) is 27.5. The van der Waals surface area contributed by atoms with Gasteiger partial charge in [-0.15, -0.1) is 0 Å². The Kier molecular flexibility index (Phi) is 17.3. The fourth-order valence-electron chi connectivity index (χ4n) is 6.67. The fourth-order valence-corrected chi connectivity index (χ4v) is 6.67. The van der Waals surface area contributed by atoms with Crippen LogP contribution in [0.5, 0.6) is 5.75 Å². The van der Waals surface area contributed by atoms with Crippen molar-refractivity contribution in [2.75, 3.05) is 33.0 Å². The summed E-state index contributed by atoms with van der Waals surface area (Å²) in [5.74, 6) is 0.528. The Bertz CT molecular complexity index is 1510. The van der Waals surface area contributed by atoms with E-state index in [4.69, 9.17) is 33.2 Å². The molecule has 57 heavy (non-hydrogen) atoms. The summed E-state index contributed by atoms with van der Waals surface area (Å²) in [5.41, 5.74) is 1.48. The van der Waals surface area contributed by atoms with E-state index in [1.165, 1.54) is 6.08 Å². The first-order valence-corrected chi connectivity index (χ1v) is 19.0. The smallest absolute Gasteiger partial charge is 0.187 e. The Morgan fingerprint density at radius 2 is 1.12 bits per heavy atom. The SMILES string of the molecule is O=C(/C=C/c1ccccc1)c1ccc(OCCCCCCO[C@@H]2O[C@H](CO)[C@@H](O[C@H]3O[C@@H](CO)[C@@H](O)[C@@H](O[C@H]4O[C@H](CO)[C@H](O)[C@H](O)[C@H]4O)[C@@H]3O)[C@H](O)[C@H]2O)cc1. The minimum absolute atomic E-state index is 0.112. The number of rotatable bonds is 19. The van der Waals surface area contributed by atoms with Crippen LogP contribution in [0.25, 0.3) is 6.08 Å². The largest absolute Gasteiger partial charge is 0.494 e. The van der Waals surface area contributed by atoms with Crippen LogP contribution in [0.2, 0.25) is 0 Å². The van der Waals surface area contributed by atoms with Crippen molar-refractivity contribution in [3.05, 3.63) is 71.8 Å². The number of allylic oxidation sites excluding steroid dienone is 1. The molecule has 0 unspecified atom stereocenters. The molecule has 0 bridgehead atoms. The predicted molar refractivity (Wildman–Crippen MR) is 195 cm³/mol. The van der Waals surface area contributed by atoms with Crippen LogP contribution in [0, 0.1) is 0 Å². The molecule has 18 heteroatoms. The third kappa shape index (κ3) is 11.6. The van der Waals surface area contributed by atoms with E-state index in [1.54, 1.807) is 30.3 Å². The fraction of sp³-hybridized carbons (Fsp3) is 0.615. The van der Waals surface area contributed by atoms with Gasteiger partial charge in [-0.05, 0) is 55.2 Å². The average molecular weight is 811 g/mol. The number of carbonyl (C=O) groups is 1. The zero-order valence-corrected chi connectivity index (χ0v) is 31.1. The summed E-state index contributed by atoms with van der Waals surface area (Å²) in [6.45, 7) is -1.71. The number of ketones is 1. The summed E-state index contributed by atoms with van der Waals surface area (Å²) >= 11 is 0. The lowest BCUT2D eigenvalue weighted by atomic mass is 9.96. The van der Waals surface area contributed by atoms with Crippen molar-refractivity contribution >= 4 is 11.9 Å². The molecule has 0 radical (unpaired) electrons. The highest BCUT2D eigenvalue weighted by atomic mass is 16.8. The van der Waals surface area contributed by atoms with Gasteiger partial charge in [-0.2, -0.15) is 0 Å². The summed E-state index contributed by atoms with van der Waals surface area (Å²) < 4.78 is 39.3. The van der Waals surface area contributed by atoms with Crippen LogP contribution >= 0.6 is 0 Å². The van der Waals surface area contributed by atoms with E-state index in [0.29, 0.717) is 24.3 Å². The minimum Gasteiger partial charge on any atom is -0.494 e. The molecule has 3 aliphatic rings. The van der Waals surface area contributed by atoms with Crippen LogP contribution in [-0.4, -0.2) is 182 Å². The molecule has 0 saturated carbocycles. The number of hydrogen-bond donors (Lipinski definition) is 10. The van der Waals surface area contributed by atoms with Gasteiger partial charge in [0.25, 0.3) is 0 Å². The Labute approximate surface area is 329 Å². The van der Waals surface area contributed by atoms with Gasteiger partial charge in [0.1, 0.15) is 79.0 Å². The summed E-state index contributed by atoms with van der Waals surface area (Å²) in [6, 6.07) is 16.5. The lowest BCUT2D eigenvalue weighted by Gasteiger charge is -2.48. The molecule has 15 atom stereocenters. The second-order valence-electron chi connectivity index (χ2n) is 14.1. The van der Waals surface area contributed by atoms with E-state index >= 15 is 0 Å². The highest BCUT2D eigenvalue weighted by Crippen LogP contribution is 2.33. The van der Waals surface area contributed by atoms with E-state index in [-0.39, 0.29) is 12.4 Å². The van der Waals surface area contributed by atoms with Crippen LogP contribution < -0.4 is 4.74 Å². The molecule has 0 spiro atoms. The summed E-state index contributed by atoms with van der Waals surface area (Å²) in [4.78, 5) is 12.5. The van der Waals surface area contributed by atoms with E-state index in [0.717, 1.165) is 24.8 Å². The van der Waals surface area contributed by atoms with E-state index in [9.17, 15) is 55.9 Å². The van der Waals surface area contributed by atoms with Crippen molar-refractivity contribution < 1.29 is 89.0 Å². The maximum Gasteiger partial charge on any atom is 0.187 e. The third-order valence-electron chi connectivity index (χ3n) is 10.0. The number of benzene rings is 2. The molecular formula is C39H54O18. The molecule has 0 aliphatic carbocycles. The van der Waals surface area contributed by atoms with Crippen molar-refractivity contribution in [2.24, 2.45) is 0 Å². The first-order valence-electron chi connectivity index (χ1n) is 19.0. The second kappa shape index (κ2) is 21.9. The molecule has 3 aliphatic heterocycles. The predicted octanol–water partition coefficient (Wildman–Crippen LogP) is -2.01. The van der Waals surface area contributed by atoms with Gasteiger partial charge in [0.15, 0.2) is 24.7 Å². The number of aliphatic hydroxyl groups excluding tert-OH is 10. The second-order valence-corrected chi connectivity index (χ2v) is 14.1. The van der Waals surface area contributed by atoms with Crippen LogP contribution in [0.1, 0.15) is 41.6 Å². The van der Waals surface area contributed by atoms with Gasteiger partial charge in [-0.1, -0.05) is 42.8 Å². The van der Waals surface area contributed by atoms with E-state index < -0.39 is 112 Å². The molecule has 0 amide bonds. The van der Waals surface area contributed by atoms with Crippen LogP contribution in [0.15, 0.2) is 60.7 Å². The lowest BCUT2D eigenvalue weighted by Crippen LogP contribution is -2.66. The number of ether oxygens (including phenoxy) is 7. The van der Waals surface area contributed by atoms with Crippen molar-refractivity contribution in [3.8, 4) is 5.75 Å². The standard InChI is InChI=1S/C39H54O18/c40-18-25-28(44)30(46)32(48)38(53-25)57-36-29(45)26(19-41)54-39(34(36)50)56-35-27(20-42)55-37(33(49)31(35)47)52-17-7-2-1-6-16-51-23-13-11-22(12-14-23)24(43)15-10-21-8-4-3-5-9-21/h3-5,8-15,25-42,44-50H,1-2,6-7,16-20H2/b15-10+/t25-,26+,27-,28+,29-,30+,31-,32-,33-,34+,35-,36-,37-,38-,39-/m1/s1. The van der Waals surface area contributed by atoms with Crippen LogP contribution in [-0.2, 0) is 28.4 Å². The normalized spacial score (nSPS) is 36.0. The number of unbranched alkanes of at least 4 members (excludes halogenated alkanes) is 3. The summed E-state index contributed by atoms with van der Waals surface area (Å²) in [6.07, 6.45) is -18.6.